The second-order valence-corrected chi connectivity index (χ2v) is 7.98. The van der Waals surface area contributed by atoms with E-state index in [1.807, 2.05) is 24.1 Å². The van der Waals surface area contributed by atoms with Gasteiger partial charge in [0.1, 0.15) is 11.5 Å². The Hall–Kier alpha value is -3.29. The largest absolute Gasteiger partial charge is 0.336 e. The molecule has 3 aromatic rings. The van der Waals surface area contributed by atoms with E-state index in [1.165, 1.54) is 0 Å². The molecular formula is C21H22N6O2. The number of carbonyl (C=O) groups excluding carboxylic acids is 1. The second kappa shape index (κ2) is 6.65. The van der Waals surface area contributed by atoms with E-state index in [9.17, 15) is 9.59 Å². The van der Waals surface area contributed by atoms with Gasteiger partial charge in [-0.3, -0.25) is 14.6 Å². The van der Waals surface area contributed by atoms with Crippen molar-refractivity contribution in [1.29, 1.82) is 0 Å². The van der Waals surface area contributed by atoms with Crippen molar-refractivity contribution >= 4 is 5.91 Å². The number of nitrogens with zero attached hydrogens (tertiary/aromatic N) is 5. The summed E-state index contributed by atoms with van der Waals surface area (Å²) in [6, 6.07) is 3.71. The molecule has 2 aliphatic rings. The average Bonchev–Trinajstić information content (AvgIpc) is 3.32. The number of imidazole rings is 1. The molecule has 29 heavy (non-hydrogen) atoms. The van der Waals surface area contributed by atoms with Crippen molar-refractivity contribution < 1.29 is 4.79 Å². The van der Waals surface area contributed by atoms with Crippen molar-refractivity contribution in [3.63, 3.8) is 0 Å². The third kappa shape index (κ3) is 2.86. The van der Waals surface area contributed by atoms with Gasteiger partial charge in [0.25, 0.3) is 11.5 Å². The second-order valence-electron chi connectivity index (χ2n) is 7.98. The Morgan fingerprint density at radius 1 is 1.24 bits per heavy atom. The topological polar surface area (TPSA) is 96.8 Å². The highest BCUT2D eigenvalue weighted by atomic mass is 16.2. The third-order valence-corrected chi connectivity index (χ3v) is 6.21. The number of fused-ring (bicyclic) bond motifs is 2. The molecule has 4 heterocycles. The van der Waals surface area contributed by atoms with E-state index >= 15 is 0 Å². The molecule has 1 N–H and O–H groups in total. The lowest BCUT2D eigenvalue weighted by molar-refractivity contribution is 0.0624. The number of aromatic nitrogens is 5. The maximum absolute atomic E-state index is 13.1. The van der Waals surface area contributed by atoms with Crippen LogP contribution in [0.3, 0.4) is 0 Å². The quantitative estimate of drug-likeness (QED) is 0.718. The molecule has 1 aliphatic carbocycles. The minimum atomic E-state index is -0.271. The van der Waals surface area contributed by atoms with E-state index in [-0.39, 0.29) is 16.9 Å². The molecule has 8 nitrogen and oxygen atoms in total. The number of carbonyl (C=O) groups is 1. The smallest absolute Gasteiger partial charge is 0.272 e. The van der Waals surface area contributed by atoms with Crippen molar-refractivity contribution in [2.45, 2.75) is 31.1 Å². The number of hydrogen-bond donors (Lipinski definition) is 1. The lowest BCUT2D eigenvalue weighted by Crippen LogP contribution is -2.48. The molecule has 0 aromatic carbocycles. The van der Waals surface area contributed by atoms with Crippen LogP contribution in [-0.4, -0.2) is 48.4 Å². The number of nitrogens with one attached hydrogen (secondary N) is 1. The molecule has 5 rings (SSSR count). The molecule has 1 atom stereocenters. The number of rotatable bonds is 2. The zero-order chi connectivity index (χ0) is 20.0. The van der Waals surface area contributed by atoms with E-state index in [4.69, 9.17) is 4.98 Å². The van der Waals surface area contributed by atoms with Crippen LogP contribution in [0.1, 0.15) is 41.0 Å². The number of aryl methyl sites for hydroxylation is 1. The highest BCUT2D eigenvalue weighted by molar-refractivity contribution is 5.92. The molecule has 0 saturated carbocycles. The van der Waals surface area contributed by atoms with Crippen LogP contribution in [0.2, 0.25) is 0 Å². The van der Waals surface area contributed by atoms with Crippen LogP contribution in [0.4, 0.5) is 0 Å². The van der Waals surface area contributed by atoms with Crippen LogP contribution in [0.25, 0.3) is 11.4 Å². The van der Waals surface area contributed by atoms with Crippen LogP contribution in [0.5, 0.6) is 0 Å². The lowest BCUT2D eigenvalue weighted by Gasteiger charge is -2.40. The van der Waals surface area contributed by atoms with Gasteiger partial charge in [-0.05, 0) is 37.8 Å². The first-order chi connectivity index (χ1) is 14.1. The lowest BCUT2D eigenvalue weighted by atomic mass is 9.77. The van der Waals surface area contributed by atoms with Crippen LogP contribution >= 0.6 is 0 Å². The minimum Gasteiger partial charge on any atom is -0.336 e. The van der Waals surface area contributed by atoms with Gasteiger partial charge in [0.05, 0.1) is 18.2 Å². The van der Waals surface area contributed by atoms with Gasteiger partial charge in [0.2, 0.25) is 0 Å². The number of H-pyrrole nitrogens is 1. The molecule has 8 heteroatoms. The number of likely N-dealkylation sites (tertiary alicyclic amines) is 1. The summed E-state index contributed by atoms with van der Waals surface area (Å²) in [6.45, 7) is 1.28. The Morgan fingerprint density at radius 2 is 2.14 bits per heavy atom. The summed E-state index contributed by atoms with van der Waals surface area (Å²) < 4.78 is 1.75. The van der Waals surface area contributed by atoms with Crippen LogP contribution in [0, 0.1) is 0 Å². The van der Waals surface area contributed by atoms with Crippen LogP contribution < -0.4 is 5.56 Å². The van der Waals surface area contributed by atoms with Crippen molar-refractivity contribution in [2.75, 3.05) is 13.1 Å². The van der Waals surface area contributed by atoms with Crippen molar-refractivity contribution in [2.24, 2.45) is 7.05 Å². The molecule has 0 radical (unpaired) electrons. The zero-order valence-electron chi connectivity index (χ0n) is 16.3. The van der Waals surface area contributed by atoms with Gasteiger partial charge in [-0.25, -0.2) is 9.97 Å². The summed E-state index contributed by atoms with van der Waals surface area (Å²) in [4.78, 5) is 43.7. The van der Waals surface area contributed by atoms with Gasteiger partial charge in [-0.2, -0.15) is 0 Å². The van der Waals surface area contributed by atoms with E-state index in [0.717, 1.165) is 36.1 Å². The Kier molecular flexibility index (Phi) is 4.08. The van der Waals surface area contributed by atoms with Crippen molar-refractivity contribution in [3.8, 4) is 11.4 Å². The van der Waals surface area contributed by atoms with E-state index in [0.29, 0.717) is 31.0 Å². The fourth-order valence-electron chi connectivity index (χ4n) is 4.72. The number of amides is 1. The van der Waals surface area contributed by atoms with Gasteiger partial charge in [-0.15, -0.1) is 0 Å². The molecule has 3 aromatic heterocycles. The first-order valence-electron chi connectivity index (χ1n) is 9.87. The van der Waals surface area contributed by atoms with Gasteiger partial charge < -0.3 is 14.5 Å². The summed E-state index contributed by atoms with van der Waals surface area (Å²) in [5.74, 6) is 0.521. The highest BCUT2D eigenvalue weighted by Crippen LogP contribution is 2.43. The van der Waals surface area contributed by atoms with Crippen LogP contribution in [-0.2, 0) is 18.9 Å². The van der Waals surface area contributed by atoms with Crippen molar-refractivity contribution in [3.05, 3.63) is 64.4 Å². The Balaban J connectivity index is 1.53. The summed E-state index contributed by atoms with van der Waals surface area (Å²) in [6.07, 6.45) is 9.99. The monoisotopic (exact) mass is 390 g/mol. The first kappa shape index (κ1) is 17.8. The van der Waals surface area contributed by atoms with Gasteiger partial charge in [-0.1, -0.05) is 0 Å². The Bertz CT molecular complexity index is 1140. The van der Waals surface area contributed by atoms with Crippen LogP contribution in [0.15, 0.2) is 41.8 Å². The summed E-state index contributed by atoms with van der Waals surface area (Å²) in [5.41, 5.74) is 2.62. The fraction of sp³-hybridized carbons (Fsp3) is 0.381. The highest BCUT2D eigenvalue weighted by Gasteiger charge is 2.46. The molecule has 1 aliphatic heterocycles. The normalized spacial score (nSPS) is 20.8. The average molecular weight is 390 g/mol. The first-order valence-corrected chi connectivity index (χ1v) is 9.87. The standard InChI is InChI=1S/C21H22N6O2/c1-26-13-23-11-16(26)20(29)27-9-3-6-21(12-27)7-5-15-17(21)24-18(25-19(15)28)14-4-2-8-22-10-14/h2,4,8,10-11,13H,3,5-7,9,12H2,1H3,(H,24,25,28). The predicted octanol–water partition coefficient (Wildman–Crippen LogP) is 1.69. The molecule has 1 unspecified atom stereocenters. The van der Waals surface area contributed by atoms with E-state index < -0.39 is 0 Å². The molecule has 1 amide bonds. The van der Waals surface area contributed by atoms with E-state index in [1.54, 1.807) is 29.5 Å². The minimum absolute atomic E-state index is 0.0187. The molecule has 148 valence electrons. The maximum Gasteiger partial charge on any atom is 0.272 e. The number of hydrogen-bond acceptors (Lipinski definition) is 5. The summed E-state index contributed by atoms with van der Waals surface area (Å²) in [5, 5.41) is 0. The fourth-order valence-corrected chi connectivity index (χ4v) is 4.72. The SMILES string of the molecule is Cn1cncc1C(=O)N1CCCC2(CCc3c2nc(-c2cccnc2)[nH]c3=O)C1. The molecule has 1 saturated heterocycles. The molecule has 0 bridgehead atoms. The zero-order valence-corrected chi connectivity index (χ0v) is 16.3. The van der Waals surface area contributed by atoms with Gasteiger partial charge in [0.15, 0.2) is 0 Å². The maximum atomic E-state index is 13.1. The van der Waals surface area contributed by atoms with E-state index in [2.05, 4.69) is 15.0 Å². The molecular weight excluding hydrogens is 368 g/mol. The molecule has 1 fully saturated rings. The van der Waals surface area contributed by atoms with Gasteiger partial charge >= 0.3 is 0 Å². The predicted molar refractivity (Wildman–Crippen MR) is 106 cm³/mol. The number of pyridine rings is 1. The number of piperidine rings is 1. The Labute approximate surface area is 167 Å². The summed E-state index contributed by atoms with van der Waals surface area (Å²) in [7, 11) is 1.83. The molecule has 1 spiro atoms. The number of aromatic amines is 1. The van der Waals surface area contributed by atoms with Crippen molar-refractivity contribution in [1.82, 2.24) is 29.4 Å². The Morgan fingerprint density at radius 3 is 2.90 bits per heavy atom. The van der Waals surface area contributed by atoms with Gasteiger partial charge in [0, 0.05) is 49.1 Å². The summed E-state index contributed by atoms with van der Waals surface area (Å²) >= 11 is 0. The third-order valence-electron chi connectivity index (χ3n) is 6.21.